The molecule has 0 radical (unpaired) electrons. The average Bonchev–Trinajstić information content (AvgIpc) is 3.07. The van der Waals surface area contributed by atoms with E-state index in [1.165, 1.54) is 11.8 Å². The predicted molar refractivity (Wildman–Crippen MR) is 110 cm³/mol. The molecule has 1 aliphatic rings. The maximum atomic E-state index is 12.3. The molecule has 0 N–H and O–H groups in total. The van der Waals surface area contributed by atoms with Crippen LogP contribution in [0.4, 0.5) is 0 Å². The molecular weight excluding hydrogens is 401 g/mol. The van der Waals surface area contributed by atoms with E-state index in [0.717, 1.165) is 30.5 Å². The van der Waals surface area contributed by atoms with Gasteiger partial charge in [-0.1, -0.05) is 59.6 Å². The molecule has 1 unspecified atom stereocenters. The summed E-state index contributed by atoms with van der Waals surface area (Å²) in [4.78, 5) is 12.3. The molecule has 27 heavy (non-hydrogen) atoms. The highest BCUT2D eigenvalue weighted by atomic mass is 35.5. The Hall–Kier alpha value is -1.82. The van der Waals surface area contributed by atoms with Crippen LogP contribution in [0, 0.1) is 0 Å². The van der Waals surface area contributed by atoms with E-state index in [1.807, 2.05) is 41.0 Å². The monoisotopic (exact) mass is 417 g/mol. The van der Waals surface area contributed by atoms with Crippen LogP contribution in [0.2, 0.25) is 10.0 Å². The molecular formula is C20H17Cl2N3OS. The second-order valence-electron chi connectivity index (χ2n) is 6.42. The van der Waals surface area contributed by atoms with Gasteiger partial charge in [0.15, 0.2) is 11.0 Å². The van der Waals surface area contributed by atoms with Crippen LogP contribution in [0.1, 0.15) is 25.7 Å². The zero-order valence-corrected chi connectivity index (χ0v) is 16.8. The van der Waals surface area contributed by atoms with Crippen molar-refractivity contribution < 1.29 is 4.79 Å². The largest absolute Gasteiger partial charge is 0.298 e. The van der Waals surface area contributed by atoms with Crippen molar-refractivity contribution in [3.05, 3.63) is 58.6 Å². The van der Waals surface area contributed by atoms with Gasteiger partial charge in [0.2, 0.25) is 0 Å². The Bertz CT molecular complexity index is 975. The van der Waals surface area contributed by atoms with Crippen molar-refractivity contribution in [1.82, 2.24) is 14.8 Å². The molecule has 0 aliphatic heterocycles. The number of hydrogen-bond donors (Lipinski definition) is 0. The summed E-state index contributed by atoms with van der Waals surface area (Å²) in [5.74, 6) is 0.925. The number of carbonyl (C=O) groups is 1. The van der Waals surface area contributed by atoms with E-state index < -0.39 is 0 Å². The number of hydrogen-bond acceptors (Lipinski definition) is 4. The zero-order chi connectivity index (χ0) is 18.8. The molecule has 7 heteroatoms. The normalized spacial score (nSPS) is 17.3. The topological polar surface area (TPSA) is 47.8 Å². The van der Waals surface area contributed by atoms with Crippen LogP contribution in [0.25, 0.3) is 17.1 Å². The summed E-state index contributed by atoms with van der Waals surface area (Å²) in [5.41, 5.74) is 1.67. The number of halogens is 2. The van der Waals surface area contributed by atoms with Gasteiger partial charge in [0.25, 0.3) is 0 Å². The number of carbonyl (C=O) groups excluding carboxylic acids is 1. The summed E-state index contributed by atoms with van der Waals surface area (Å²) in [5, 5.41) is 10.5. The molecule has 1 heterocycles. The minimum absolute atomic E-state index is 0.0704. The van der Waals surface area contributed by atoms with Crippen LogP contribution in [-0.2, 0) is 4.79 Å². The molecule has 4 rings (SSSR count). The fourth-order valence-electron chi connectivity index (χ4n) is 3.20. The van der Waals surface area contributed by atoms with Crippen LogP contribution in [0.5, 0.6) is 0 Å². The van der Waals surface area contributed by atoms with Crippen LogP contribution >= 0.6 is 35.0 Å². The van der Waals surface area contributed by atoms with Crippen molar-refractivity contribution in [3.8, 4) is 17.1 Å². The number of Topliss-reactive ketones (excluding diaryl/α,β-unsaturated/α-hetero) is 1. The maximum Gasteiger partial charge on any atom is 0.196 e. The maximum absolute atomic E-state index is 12.3. The molecule has 138 valence electrons. The van der Waals surface area contributed by atoms with Gasteiger partial charge in [0, 0.05) is 22.7 Å². The minimum Gasteiger partial charge on any atom is -0.298 e. The quantitative estimate of drug-likeness (QED) is 0.534. The molecule has 1 aliphatic carbocycles. The second kappa shape index (κ2) is 8.05. The Morgan fingerprint density at radius 1 is 1.04 bits per heavy atom. The van der Waals surface area contributed by atoms with Gasteiger partial charge in [0.05, 0.1) is 10.3 Å². The van der Waals surface area contributed by atoms with Crippen molar-refractivity contribution in [1.29, 1.82) is 0 Å². The molecule has 2 aromatic carbocycles. The number of ketones is 1. The summed E-state index contributed by atoms with van der Waals surface area (Å²) < 4.78 is 1.96. The lowest BCUT2D eigenvalue weighted by Gasteiger charge is -2.20. The van der Waals surface area contributed by atoms with Crippen molar-refractivity contribution in [3.63, 3.8) is 0 Å². The molecule has 0 spiro atoms. The number of para-hydroxylation sites is 1. The van der Waals surface area contributed by atoms with E-state index >= 15 is 0 Å². The smallest absolute Gasteiger partial charge is 0.196 e. The first-order valence-corrected chi connectivity index (χ1v) is 10.4. The fourth-order valence-corrected chi connectivity index (χ4v) is 4.87. The van der Waals surface area contributed by atoms with Crippen molar-refractivity contribution >= 4 is 40.7 Å². The first kappa shape index (κ1) is 18.5. The highest BCUT2D eigenvalue weighted by Gasteiger charge is 2.27. The van der Waals surface area contributed by atoms with Gasteiger partial charge in [-0.3, -0.25) is 9.36 Å². The second-order valence-corrected chi connectivity index (χ2v) is 8.43. The molecule has 1 atom stereocenters. The Labute approximate surface area is 171 Å². The van der Waals surface area contributed by atoms with E-state index in [-0.39, 0.29) is 5.25 Å². The standard InChI is InChI=1S/C20H17Cl2N3OS/c21-13-10-11-15(16(22)12-13)19-23-24-20(25(19)14-6-2-1-3-7-14)27-18-9-5-4-8-17(18)26/h1-3,6-7,10-12,18H,4-5,8-9H2. The number of rotatable bonds is 4. The van der Waals surface area contributed by atoms with Crippen LogP contribution in [-0.4, -0.2) is 25.8 Å². The predicted octanol–water partition coefficient (Wildman–Crippen LogP) is 5.84. The van der Waals surface area contributed by atoms with E-state index in [2.05, 4.69) is 10.2 Å². The molecule has 1 saturated carbocycles. The lowest BCUT2D eigenvalue weighted by molar-refractivity contribution is -0.119. The Morgan fingerprint density at radius 2 is 1.85 bits per heavy atom. The molecule has 1 fully saturated rings. The first-order chi connectivity index (χ1) is 13.1. The third-order valence-corrected chi connectivity index (χ3v) is 6.37. The Kier molecular flexibility index (Phi) is 5.53. The van der Waals surface area contributed by atoms with Gasteiger partial charge in [-0.2, -0.15) is 0 Å². The third kappa shape index (κ3) is 3.91. The third-order valence-electron chi connectivity index (χ3n) is 4.57. The number of aromatic nitrogens is 3. The van der Waals surface area contributed by atoms with E-state index in [0.29, 0.717) is 33.2 Å². The first-order valence-electron chi connectivity index (χ1n) is 8.79. The molecule has 0 saturated heterocycles. The molecule has 1 aromatic heterocycles. The zero-order valence-electron chi connectivity index (χ0n) is 14.4. The average molecular weight is 418 g/mol. The molecule has 0 amide bonds. The van der Waals surface area contributed by atoms with E-state index in [4.69, 9.17) is 23.2 Å². The highest BCUT2D eigenvalue weighted by Crippen LogP contribution is 2.36. The summed E-state index contributed by atoms with van der Waals surface area (Å²) in [6, 6.07) is 15.2. The van der Waals surface area contributed by atoms with E-state index in [9.17, 15) is 4.79 Å². The summed E-state index contributed by atoms with van der Waals surface area (Å²) in [6.45, 7) is 0. The highest BCUT2D eigenvalue weighted by molar-refractivity contribution is 8.00. The summed E-state index contributed by atoms with van der Waals surface area (Å²) in [7, 11) is 0. The van der Waals surface area contributed by atoms with Crippen molar-refractivity contribution in [2.45, 2.75) is 36.1 Å². The molecule has 3 aromatic rings. The fraction of sp³-hybridized carbons (Fsp3) is 0.250. The van der Waals surface area contributed by atoms with Crippen LogP contribution in [0.3, 0.4) is 0 Å². The minimum atomic E-state index is -0.0704. The van der Waals surface area contributed by atoms with Gasteiger partial charge in [-0.05, 0) is 43.2 Å². The van der Waals surface area contributed by atoms with Crippen LogP contribution in [0.15, 0.2) is 53.7 Å². The van der Waals surface area contributed by atoms with Gasteiger partial charge in [-0.25, -0.2) is 0 Å². The molecule has 4 nitrogen and oxygen atoms in total. The Morgan fingerprint density at radius 3 is 2.59 bits per heavy atom. The van der Waals surface area contributed by atoms with Crippen molar-refractivity contribution in [2.24, 2.45) is 0 Å². The SMILES string of the molecule is O=C1CCCCC1Sc1nnc(-c2ccc(Cl)cc2Cl)n1-c1ccccc1. The van der Waals surface area contributed by atoms with Gasteiger partial charge in [0.1, 0.15) is 5.78 Å². The van der Waals surface area contributed by atoms with E-state index in [1.54, 1.807) is 12.1 Å². The van der Waals surface area contributed by atoms with Gasteiger partial charge in [-0.15, -0.1) is 10.2 Å². The summed E-state index contributed by atoms with van der Waals surface area (Å²) >= 11 is 14.0. The Balaban J connectivity index is 1.80. The van der Waals surface area contributed by atoms with Crippen molar-refractivity contribution in [2.75, 3.05) is 0 Å². The van der Waals surface area contributed by atoms with Gasteiger partial charge < -0.3 is 0 Å². The lowest BCUT2D eigenvalue weighted by atomic mass is 9.99. The number of benzene rings is 2. The summed E-state index contributed by atoms with van der Waals surface area (Å²) in [6.07, 6.45) is 3.57. The molecule has 0 bridgehead atoms. The number of thioether (sulfide) groups is 1. The number of nitrogens with zero attached hydrogens (tertiary/aromatic N) is 3. The van der Waals surface area contributed by atoms with Gasteiger partial charge >= 0.3 is 0 Å². The lowest BCUT2D eigenvalue weighted by Crippen LogP contribution is -2.21. The van der Waals surface area contributed by atoms with Crippen LogP contribution < -0.4 is 0 Å².